The predicted octanol–water partition coefficient (Wildman–Crippen LogP) is 3.66. The molecule has 0 aliphatic rings. The van der Waals surface area contributed by atoms with Gasteiger partial charge in [0.25, 0.3) is 0 Å². The van der Waals surface area contributed by atoms with Gasteiger partial charge in [0.15, 0.2) is 0 Å². The second kappa shape index (κ2) is 6.18. The molecule has 1 heterocycles. The average Bonchev–Trinajstić information content (AvgIpc) is 2.89. The molecule has 1 N–H and O–H groups in total. The van der Waals surface area contributed by atoms with Gasteiger partial charge < -0.3 is 10.1 Å². The van der Waals surface area contributed by atoms with Gasteiger partial charge in [-0.3, -0.25) is 4.98 Å². The van der Waals surface area contributed by atoms with Crippen LogP contribution in [-0.4, -0.2) is 12.0 Å². The lowest BCUT2D eigenvalue weighted by molar-refractivity contribution is 0.303. The third kappa shape index (κ3) is 3.22. The van der Waals surface area contributed by atoms with Crippen LogP contribution in [0, 0.1) is 0 Å². The molecule has 1 unspecified atom stereocenters. The van der Waals surface area contributed by atoms with Crippen LogP contribution in [0.5, 0.6) is 5.75 Å². The SMILES string of the molecule is CNC(C)c1cc(Cl)ccc1OCc1cncs1. The first-order valence-electron chi connectivity index (χ1n) is 5.67. The monoisotopic (exact) mass is 282 g/mol. The Morgan fingerprint density at radius 2 is 2.33 bits per heavy atom. The zero-order valence-corrected chi connectivity index (χ0v) is 11.9. The molecule has 1 atom stereocenters. The van der Waals surface area contributed by atoms with Gasteiger partial charge in [-0.1, -0.05) is 11.6 Å². The summed E-state index contributed by atoms with van der Waals surface area (Å²) in [6.07, 6.45) is 1.82. The van der Waals surface area contributed by atoms with Crippen LogP contribution in [0.15, 0.2) is 29.9 Å². The third-order valence-electron chi connectivity index (χ3n) is 2.72. The van der Waals surface area contributed by atoms with Crippen LogP contribution >= 0.6 is 22.9 Å². The highest BCUT2D eigenvalue weighted by molar-refractivity contribution is 7.09. The first-order chi connectivity index (χ1) is 8.70. The van der Waals surface area contributed by atoms with Crippen LogP contribution in [0.3, 0.4) is 0 Å². The number of nitrogens with zero attached hydrogens (tertiary/aromatic N) is 1. The Balaban J connectivity index is 2.16. The summed E-state index contributed by atoms with van der Waals surface area (Å²) in [6, 6.07) is 5.88. The molecule has 2 aromatic rings. The second-order valence-electron chi connectivity index (χ2n) is 3.95. The number of rotatable bonds is 5. The molecular formula is C13H15ClN2OS. The molecule has 0 spiro atoms. The summed E-state index contributed by atoms with van der Waals surface area (Å²) in [6.45, 7) is 2.61. The molecule has 0 aliphatic carbocycles. The van der Waals surface area contributed by atoms with Gasteiger partial charge in [-0.05, 0) is 32.2 Å². The normalized spacial score (nSPS) is 12.4. The van der Waals surface area contributed by atoms with E-state index in [1.807, 2.05) is 31.4 Å². The maximum Gasteiger partial charge on any atom is 0.124 e. The molecule has 0 saturated heterocycles. The van der Waals surface area contributed by atoms with Gasteiger partial charge >= 0.3 is 0 Å². The molecule has 18 heavy (non-hydrogen) atoms. The van der Waals surface area contributed by atoms with Crippen LogP contribution in [0.2, 0.25) is 5.02 Å². The highest BCUT2D eigenvalue weighted by Gasteiger charge is 2.11. The number of nitrogens with one attached hydrogen (secondary N) is 1. The maximum absolute atomic E-state index is 6.03. The molecule has 3 nitrogen and oxygen atoms in total. The molecule has 0 amide bonds. The lowest BCUT2D eigenvalue weighted by atomic mass is 10.1. The lowest BCUT2D eigenvalue weighted by Crippen LogP contribution is -2.13. The summed E-state index contributed by atoms with van der Waals surface area (Å²) in [5.41, 5.74) is 2.87. The Kier molecular flexibility index (Phi) is 4.58. The van der Waals surface area contributed by atoms with E-state index in [2.05, 4.69) is 17.2 Å². The Morgan fingerprint density at radius 1 is 1.50 bits per heavy atom. The number of aromatic nitrogens is 1. The molecular weight excluding hydrogens is 268 g/mol. The first-order valence-corrected chi connectivity index (χ1v) is 6.93. The summed E-state index contributed by atoms with van der Waals surface area (Å²) in [5, 5.41) is 3.91. The highest BCUT2D eigenvalue weighted by atomic mass is 35.5. The van der Waals surface area contributed by atoms with Gasteiger partial charge in [0.2, 0.25) is 0 Å². The van der Waals surface area contributed by atoms with Crippen LogP contribution in [0.25, 0.3) is 0 Å². The van der Waals surface area contributed by atoms with Crippen molar-refractivity contribution in [3.8, 4) is 5.75 Å². The van der Waals surface area contributed by atoms with Gasteiger partial charge in [0.05, 0.1) is 10.4 Å². The van der Waals surface area contributed by atoms with Gasteiger partial charge in [0.1, 0.15) is 12.4 Å². The summed E-state index contributed by atoms with van der Waals surface area (Å²) in [4.78, 5) is 5.13. The van der Waals surface area contributed by atoms with Gasteiger partial charge in [-0.15, -0.1) is 11.3 Å². The Labute approximate surface area is 116 Å². The Bertz CT molecular complexity index is 502. The smallest absolute Gasteiger partial charge is 0.124 e. The van der Waals surface area contributed by atoms with E-state index < -0.39 is 0 Å². The Morgan fingerprint density at radius 3 is 3.00 bits per heavy atom. The van der Waals surface area contributed by atoms with Crippen molar-refractivity contribution >= 4 is 22.9 Å². The zero-order valence-electron chi connectivity index (χ0n) is 10.3. The number of hydrogen-bond donors (Lipinski definition) is 1. The van der Waals surface area contributed by atoms with E-state index in [1.165, 1.54) is 0 Å². The van der Waals surface area contributed by atoms with Gasteiger partial charge in [-0.25, -0.2) is 0 Å². The fourth-order valence-electron chi connectivity index (χ4n) is 1.61. The molecule has 0 saturated carbocycles. The average molecular weight is 283 g/mol. The molecule has 96 valence electrons. The van der Waals surface area contributed by atoms with Gasteiger partial charge in [0, 0.05) is 22.8 Å². The van der Waals surface area contributed by atoms with E-state index in [1.54, 1.807) is 16.8 Å². The van der Waals surface area contributed by atoms with Crippen molar-refractivity contribution in [2.24, 2.45) is 0 Å². The summed E-state index contributed by atoms with van der Waals surface area (Å²) in [7, 11) is 1.92. The van der Waals surface area contributed by atoms with Crippen molar-refractivity contribution < 1.29 is 4.74 Å². The number of hydrogen-bond acceptors (Lipinski definition) is 4. The van der Waals surface area contributed by atoms with Crippen molar-refractivity contribution in [3.63, 3.8) is 0 Å². The standard InChI is InChI=1S/C13H15ClN2OS/c1-9(15-2)12-5-10(14)3-4-13(12)17-7-11-6-16-8-18-11/h3-6,8-9,15H,7H2,1-2H3. The Hall–Kier alpha value is -1.10. The number of halogens is 1. The highest BCUT2D eigenvalue weighted by Crippen LogP contribution is 2.29. The molecule has 1 aromatic carbocycles. The third-order valence-corrected chi connectivity index (χ3v) is 3.71. The molecule has 2 rings (SSSR count). The molecule has 0 fully saturated rings. The second-order valence-corrected chi connectivity index (χ2v) is 5.36. The van der Waals surface area contributed by atoms with Crippen LogP contribution in [-0.2, 0) is 6.61 Å². The number of ether oxygens (including phenoxy) is 1. The van der Waals surface area contributed by atoms with E-state index in [0.29, 0.717) is 6.61 Å². The minimum Gasteiger partial charge on any atom is -0.488 e. The maximum atomic E-state index is 6.03. The number of thiazole rings is 1. The minimum atomic E-state index is 0.195. The van der Waals surface area contributed by atoms with Gasteiger partial charge in [-0.2, -0.15) is 0 Å². The summed E-state index contributed by atoms with van der Waals surface area (Å²) in [5.74, 6) is 0.856. The fourth-order valence-corrected chi connectivity index (χ4v) is 2.29. The van der Waals surface area contributed by atoms with Crippen LogP contribution < -0.4 is 10.1 Å². The molecule has 5 heteroatoms. The van der Waals surface area contributed by atoms with Crippen molar-refractivity contribution in [2.45, 2.75) is 19.6 Å². The van der Waals surface area contributed by atoms with Crippen molar-refractivity contribution in [1.82, 2.24) is 10.3 Å². The van der Waals surface area contributed by atoms with Crippen LogP contribution in [0.4, 0.5) is 0 Å². The molecule has 0 radical (unpaired) electrons. The predicted molar refractivity (Wildman–Crippen MR) is 75.4 cm³/mol. The lowest BCUT2D eigenvalue weighted by Gasteiger charge is -2.16. The van der Waals surface area contributed by atoms with E-state index in [9.17, 15) is 0 Å². The van der Waals surface area contributed by atoms with Crippen molar-refractivity contribution in [1.29, 1.82) is 0 Å². The topological polar surface area (TPSA) is 34.1 Å². The quantitative estimate of drug-likeness (QED) is 0.909. The number of benzene rings is 1. The molecule has 0 bridgehead atoms. The van der Waals surface area contributed by atoms with E-state index in [0.717, 1.165) is 21.2 Å². The molecule has 0 aliphatic heterocycles. The van der Waals surface area contributed by atoms with Crippen molar-refractivity contribution in [2.75, 3.05) is 7.05 Å². The first kappa shape index (κ1) is 13.3. The minimum absolute atomic E-state index is 0.195. The van der Waals surface area contributed by atoms with E-state index in [4.69, 9.17) is 16.3 Å². The van der Waals surface area contributed by atoms with E-state index in [-0.39, 0.29) is 6.04 Å². The largest absolute Gasteiger partial charge is 0.488 e. The zero-order chi connectivity index (χ0) is 13.0. The van der Waals surface area contributed by atoms with Crippen LogP contribution in [0.1, 0.15) is 23.4 Å². The molecule has 1 aromatic heterocycles. The fraction of sp³-hybridized carbons (Fsp3) is 0.308. The van der Waals surface area contributed by atoms with E-state index >= 15 is 0 Å². The van der Waals surface area contributed by atoms with Crippen molar-refractivity contribution in [3.05, 3.63) is 45.4 Å². The summed E-state index contributed by atoms with van der Waals surface area (Å²) >= 11 is 7.61. The summed E-state index contributed by atoms with van der Waals surface area (Å²) < 4.78 is 5.83.